The number of amides is 3. The van der Waals surface area contributed by atoms with Crippen LogP contribution in [0.3, 0.4) is 0 Å². The third-order valence-corrected chi connectivity index (χ3v) is 9.51. The van der Waals surface area contributed by atoms with Crippen molar-refractivity contribution in [1.82, 2.24) is 14.7 Å². The highest BCUT2D eigenvalue weighted by molar-refractivity contribution is 9.09. The second-order valence-corrected chi connectivity index (χ2v) is 14.8. The number of carbonyl (C=O) groups excluding carboxylic acids is 3. The highest BCUT2D eigenvalue weighted by Crippen LogP contribution is 2.60. The van der Waals surface area contributed by atoms with Crippen molar-refractivity contribution < 1.29 is 24.2 Å². The Bertz CT molecular complexity index is 979. The summed E-state index contributed by atoms with van der Waals surface area (Å²) in [5.41, 5.74) is -1.61. The molecule has 3 heterocycles. The zero-order valence-corrected chi connectivity index (χ0v) is 26.9. The Labute approximate surface area is 249 Å². The summed E-state index contributed by atoms with van der Waals surface area (Å²) in [7, 11) is 1.72. The van der Waals surface area contributed by atoms with Gasteiger partial charge in [-0.3, -0.25) is 14.4 Å². The van der Waals surface area contributed by atoms with E-state index in [0.29, 0.717) is 38.9 Å². The summed E-state index contributed by atoms with van der Waals surface area (Å²) in [6.45, 7) is 19.6. The minimum Gasteiger partial charge on any atom is -0.396 e. The van der Waals surface area contributed by atoms with Crippen LogP contribution in [0, 0.1) is 17.3 Å². The lowest BCUT2D eigenvalue weighted by Crippen LogP contribution is -2.61. The van der Waals surface area contributed by atoms with Crippen molar-refractivity contribution in [1.29, 1.82) is 0 Å². The number of rotatable bonds is 14. The summed E-state index contributed by atoms with van der Waals surface area (Å²) < 4.78 is 6.69. The van der Waals surface area contributed by atoms with Crippen molar-refractivity contribution in [2.75, 3.05) is 33.3 Å². The predicted molar refractivity (Wildman–Crippen MR) is 161 cm³/mol. The van der Waals surface area contributed by atoms with Gasteiger partial charge in [0.15, 0.2) is 0 Å². The number of hydrogen-bond acceptors (Lipinski definition) is 5. The van der Waals surface area contributed by atoms with E-state index in [2.05, 4.69) is 63.7 Å². The van der Waals surface area contributed by atoms with Crippen LogP contribution in [0.15, 0.2) is 25.3 Å². The molecule has 3 unspecified atom stereocenters. The molecule has 3 amide bonds. The van der Waals surface area contributed by atoms with Gasteiger partial charge in [0.05, 0.1) is 17.9 Å². The Morgan fingerprint density at radius 3 is 2.30 bits per heavy atom. The Hall–Kier alpha value is -1.71. The molecule has 3 aliphatic heterocycles. The number of carbonyl (C=O) groups is 3. The molecule has 0 radical (unpaired) electrons. The fourth-order valence-electron chi connectivity index (χ4n) is 7.52. The number of halogens is 1. The van der Waals surface area contributed by atoms with E-state index >= 15 is 0 Å². The van der Waals surface area contributed by atoms with Gasteiger partial charge in [0, 0.05) is 43.7 Å². The molecule has 6 atom stereocenters. The van der Waals surface area contributed by atoms with E-state index in [4.69, 9.17) is 4.74 Å². The van der Waals surface area contributed by atoms with Gasteiger partial charge in [-0.05, 0) is 44.9 Å². The van der Waals surface area contributed by atoms with Crippen molar-refractivity contribution in [3.63, 3.8) is 0 Å². The lowest BCUT2D eigenvalue weighted by atomic mass is 9.70. The fourth-order valence-corrected chi connectivity index (χ4v) is 8.47. The summed E-state index contributed by atoms with van der Waals surface area (Å²) in [4.78, 5) is 47.7. The molecule has 0 saturated carbocycles. The van der Waals surface area contributed by atoms with E-state index in [-0.39, 0.29) is 34.6 Å². The molecule has 3 saturated heterocycles. The first-order valence-electron chi connectivity index (χ1n) is 14.7. The predicted octanol–water partition coefficient (Wildman–Crippen LogP) is 4.16. The second-order valence-electron chi connectivity index (χ2n) is 13.6. The average Bonchev–Trinajstić information content (AvgIpc) is 3.43. The molecule has 226 valence electrons. The van der Waals surface area contributed by atoms with Crippen LogP contribution in [0.5, 0.6) is 0 Å². The number of likely N-dealkylation sites (tertiary alicyclic amines) is 1. The smallest absolute Gasteiger partial charge is 0.249 e. The summed E-state index contributed by atoms with van der Waals surface area (Å²) in [6.07, 6.45) is 7.28. The van der Waals surface area contributed by atoms with Crippen LogP contribution in [0.25, 0.3) is 0 Å². The second kappa shape index (κ2) is 12.7. The van der Waals surface area contributed by atoms with E-state index < -0.39 is 35.1 Å². The first-order valence-corrected chi connectivity index (χ1v) is 15.6. The number of unbranched alkanes of at least 4 members (excludes halogenated alkanes) is 3. The molecule has 2 bridgehead atoms. The maximum Gasteiger partial charge on any atom is 0.249 e. The number of aliphatic hydroxyl groups is 1. The molecule has 1 N–H and O–H groups in total. The summed E-state index contributed by atoms with van der Waals surface area (Å²) in [5, 5.41) is 9.18. The standard InChI is InChI=1S/C31H50BrN3O5/c1-9-15-33(8)26(37)22-23-27(38)34(17-13-11-12-14-18-36)25(31(23)19-21(32)24(22)40-31)28(39)35(16-10-2)30(6,7)20-29(3,4)5/h9-10,21-25,36H,1-2,11-20H2,3-8H3/t21?,22-,23+,24-,25?,31?/m1/s1. The van der Waals surface area contributed by atoms with Crippen LogP contribution in [-0.4, -0.2) is 98.9 Å². The quantitative estimate of drug-likeness (QED) is 0.178. The molecular weight excluding hydrogens is 574 g/mol. The lowest BCUT2D eigenvalue weighted by molar-refractivity contribution is -0.153. The van der Waals surface area contributed by atoms with Gasteiger partial charge < -0.3 is 24.5 Å². The Morgan fingerprint density at radius 2 is 1.73 bits per heavy atom. The van der Waals surface area contributed by atoms with Gasteiger partial charge in [0.2, 0.25) is 17.7 Å². The number of alkyl halides is 1. The first kappa shape index (κ1) is 32.8. The monoisotopic (exact) mass is 623 g/mol. The molecule has 0 aliphatic carbocycles. The molecule has 0 aromatic rings. The van der Waals surface area contributed by atoms with Crippen molar-refractivity contribution in [2.24, 2.45) is 17.3 Å². The zero-order valence-electron chi connectivity index (χ0n) is 25.3. The molecule has 40 heavy (non-hydrogen) atoms. The SMILES string of the molecule is C=CCN(C)C(=O)[C@H]1[C@@H]2OC3(CC2Br)C(C(=O)N(CC=C)C(C)(C)CC(C)(C)C)N(CCCCCCO)C(=O)[C@H]13. The zero-order chi connectivity index (χ0) is 30.0. The molecule has 3 fully saturated rings. The Kier molecular flexibility index (Phi) is 10.4. The van der Waals surface area contributed by atoms with Crippen LogP contribution in [0.1, 0.15) is 73.1 Å². The number of aliphatic hydroxyl groups excluding tert-OH is 1. The molecule has 0 aromatic heterocycles. The molecule has 9 heteroatoms. The van der Waals surface area contributed by atoms with Gasteiger partial charge in [-0.25, -0.2) is 0 Å². The van der Waals surface area contributed by atoms with Crippen LogP contribution in [-0.2, 0) is 19.1 Å². The molecule has 8 nitrogen and oxygen atoms in total. The maximum absolute atomic E-state index is 14.8. The van der Waals surface area contributed by atoms with Crippen LogP contribution in [0.2, 0.25) is 0 Å². The Balaban J connectivity index is 2.06. The number of nitrogens with zero attached hydrogens (tertiary/aromatic N) is 3. The van der Waals surface area contributed by atoms with Gasteiger partial charge in [-0.1, -0.05) is 61.7 Å². The van der Waals surface area contributed by atoms with E-state index in [1.807, 2.05) is 4.90 Å². The molecule has 3 aliphatic rings. The van der Waals surface area contributed by atoms with Gasteiger partial charge in [-0.15, -0.1) is 13.2 Å². The van der Waals surface area contributed by atoms with E-state index in [1.165, 1.54) is 0 Å². The summed E-state index contributed by atoms with van der Waals surface area (Å²) in [6, 6.07) is -0.824. The first-order chi connectivity index (χ1) is 18.7. The van der Waals surface area contributed by atoms with E-state index in [9.17, 15) is 19.5 Å². The summed E-state index contributed by atoms with van der Waals surface area (Å²) in [5.74, 6) is -1.84. The third kappa shape index (κ3) is 6.21. The number of hydrogen-bond donors (Lipinski definition) is 1. The summed E-state index contributed by atoms with van der Waals surface area (Å²) >= 11 is 3.76. The number of likely N-dealkylation sites (N-methyl/N-ethyl adjacent to an activating group) is 1. The molecular formula is C31H50BrN3O5. The normalized spacial score (nSPS) is 29.4. The third-order valence-electron chi connectivity index (χ3n) is 8.67. The minimum atomic E-state index is -1.08. The maximum atomic E-state index is 14.8. The average molecular weight is 625 g/mol. The van der Waals surface area contributed by atoms with Crippen LogP contribution < -0.4 is 0 Å². The van der Waals surface area contributed by atoms with Gasteiger partial charge in [0.1, 0.15) is 11.6 Å². The van der Waals surface area contributed by atoms with Crippen molar-refractivity contribution in [2.45, 2.75) is 101 Å². The van der Waals surface area contributed by atoms with Gasteiger partial charge in [-0.2, -0.15) is 0 Å². The molecule has 0 aromatic carbocycles. The highest BCUT2D eigenvalue weighted by Gasteiger charge is 2.77. The fraction of sp³-hybridized carbons (Fsp3) is 0.774. The van der Waals surface area contributed by atoms with Crippen molar-refractivity contribution in [3.8, 4) is 0 Å². The highest BCUT2D eigenvalue weighted by atomic mass is 79.9. The van der Waals surface area contributed by atoms with Crippen molar-refractivity contribution >= 4 is 33.7 Å². The van der Waals surface area contributed by atoms with Gasteiger partial charge in [0.25, 0.3) is 0 Å². The number of ether oxygens (including phenoxy) is 1. The van der Waals surface area contributed by atoms with Crippen LogP contribution >= 0.6 is 15.9 Å². The topological polar surface area (TPSA) is 90.4 Å². The Morgan fingerprint density at radius 1 is 1.10 bits per heavy atom. The number of fused-ring (bicyclic) bond motifs is 1. The van der Waals surface area contributed by atoms with Crippen molar-refractivity contribution in [3.05, 3.63) is 25.3 Å². The molecule has 1 spiro atoms. The van der Waals surface area contributed by atoms with E-state index in [0.717, 1.165) is 19.3 Å². The lowest BCUT2D eigenvalue weighted by Gasteiger charge is -2.45. The van der Waals surface area contributed by atoms with Gasteiger partial charge >= 0.3 is 0 Å². The largest absolute Gasteiger partial charge is 0.396 e. The minimum absolute atomic E-state index is 0.0293. The molecule has 3 rings (SSSR count). The van der Waals surface area contributed by atoms with Crippen LogP contribution in [0.4, 0.5) is 0 Å². The van der Waals surface area contributed by atoms with E-state index in [1.54, 1.807) is 29.0 Å².